The minimum atomic E-state index is -1.66. The maximum absolute atomic E-state index is 16.5. The lowest BCUT2D eigenvalue weighted by Crippen LogP contribution is -2.54. The van der Waals surface area contributed by atoms with Gasteiger partial charge in [0.2, 0.25) is 0 Å². The van der Waals surface area contributed by atoms with Crippen LogP contribution in [0.25, 0.3) is 0 Å². The van der Waals surface area contributed by atoms with Gasteiger partial charge >= 0.3 is 35.8 Å². The molecule has 5 atom stereocenters. The number of rotatable bonds is 29. The maximum atomic E-state index is 16.5. The average Bonchev–Trinajstić information content (AvgIpc) is 0.901. The summed E-state index contributed by atoms with van der Waals surface area (Å²) in [5.74, 6) is -2.77. The molecule has 0 heterocycles. The van der Waals surface area contributed by atoms with E-state index in [2.05, 4.69) is 83.1 Å². The summed E-state index contributed by atoms with van der Waals surface area (Å²) < 4.78 is 41.7. The van der Waals surface area contributed by atoms with Crippen molar-refractivity contribution in [3.8, 4) is 0 Å². The molecule has 0 aromatic carbocycles. The summed E-state index contributed by atoms with van der Waals surface area (Å²) in [7, 11) is 0. The predicted octanol–water partition coefficient (Wildman–Crippen LogP) is 18.5. The van der Waals surface area contributed by atoms with Gasteiger partial charge in [-0.2, -0.15) is 0 Å². The normalized spacial score (nSPS) is 24.9. The molecule has 6 aliphatic rings. The lowest BCUT2D eigenvalue weighted by atomic mass is 9.58. The van der Waals surface area contributed by atoms with Gasteiger partial charge in [-0.25, -0.2) is 0 Å². The van der Waals surface area contributed by atoms with Gasteiger partial charge in [-0.1, -0.05) is 90.0 Å². The van der Waals surface area contributed by atoms with Gasteiger partial charge < -0.3 is 28.4 Å². The van der Waals surface area contributed by atoms with Gasteiger partial charge in [0, 0.05) is 0 Å². The van der Waals surface area contributed by atoms with Crippen LogP contribution in [0, 0.1) is 68.0 Å². The molecule has 6 saturated carbocycles. The van der Waals surface area contributed by atoms with E-state index in [9.17, 15) is 0 Å². The Morgan fingerprint density at radius 1 is 0.267 bits per heavy atom. The summed E-state index contributed by atoms with van der Waals surface area (Å²) in [6, 6.07) is 0. The molecule has 6 fully saturated rings. The second-order valence-electron chi connectivity index (χ2n) is 33.8. The maximum Gasteiger partial charge on any atom is 0.312 e. The van der Waals surface area contributed by atoms with E-state index in [0.29, 0.717) is 57.8 Å². The van der Waals surface area contributed by atoms with Crippen LogP contribution in [0.3, 0.4) is 0 Å². The first kappa shape index (κ1) is 71.9. The first-order valence-electron chi connectivity index (χ1n) is 35.2. The van der Waals surface area contributed by atoms with Crippen LogP contribution in [-0.2, 0) is 57.2 Å². The fraction of sp³-hybridized carbons (Fsp3) is 0.919. The Morgan fingerprint density at radius 2 is 0.419 bits per heavy atom. The summed E-state index contributed by atoms with van der Waals surface area (Å²) in [6.07, 6.45) is 19.4. The van der Waals surface area contributed by atoms with Gasteiger partial charge in [-0.05, 0) is 277 Å². The molecular weight excluding hydrogens is 1080 g/mol. The Hall–Kier alpha value is -3.18. The van der Waals surface area contributed by atoms with Crippen molar-refractivity contribution in [1.82, 2.24) is 0 Å². The standard InChI is InChI=1S/C74H126O12/c1-21-64(16,58(76)82-70(52(4)5)36-24-25-37-70)47-66(18,60(78)84-72(54(8)9)40-28-29-41-72)49-68(20,62(80)86-74(56(12)13)44-32-33-45-74)50-67(19,61(79)85-73(55(10)11)42-30-31-43-73)48-65(17,59(77)83-71(53(6)7)38-26-27-39-71)46-63(14,15)57(75)81-69(51(2)3)34-22-23-35-69/h51-56H,21-50H2,1-20H3. The summed E-state index contributed by atoms with van der Waals surface area (Å²) in [5.41, 5.74) is -13.2. The third-order valence-corrected chi connectivity index (χ3v) is 24.5. The van der Waals surface area contributed by atoms with E-state index in [0.717, 1.165) is 103 Å². The predicted molar refractivity (Wildman–Crippen MR) is 340 cm³/mol. The molecule has 5 unspecified atom stereocenters. The molecule has 0 aliphatic heterocycles. The Balaban J connectivity index is 1.59. The fourth-order valence-corrected chi connectivity index (χ4v) is 18.1. The smallest absolute Gasteiger partial charge is 0.312 e. The van der Waals surface area contributed by atoms with Crippen molar-refractivity contribution in [3.63, 3.8) is 0 Å². The first-order valence-corrected chi connectivity index (χ1v) is 35.2. The molecule has 0 saturated heterocycles. The molecule has 0 N–H and O–H groups in total. The van der Waals surface area contributed by atoms with E-state index < -0.39 is 95.9 Å². The molecule has 0 radical (unpaired) electrons. The molecule has 6 aliphatic carbocycles. The van der Waals surface area contributed by atoms with Crippen molar-refractivity contribution >= 4 is 35.8 Å². The number of carbonyl (C=O) groups excluding carboxylic acids is 6. The van der Waals surface area contributed by atoms with Crippen LogP contribution in [0.5, 0.6) is 0 Å². The summed E-state index contributed by atoms with van der Waals surface area (Å²) >= 11 is 0. The molecule has 0 spiro atoms. The highest BCUT2D eigenvalue weighted by Crippen LogP contribution is 2.58. The van der Waals surface area contributed by atoms with Crippen LogP contribution in [0.15, 0.2) is 0 Å². The Kier molecular flexibility index (Phi) is 22.5. The summed E-state index contributed by atoms with van der Waals surface area (Å²) in [4.78, 5) is 95.7. The molecule has 0 aromatic heterocycles. The largest absolute Gasteiger partial charge is 0.458 e. The minimum absolute atomic E-state index is 0.00181. The first-order chi connectivity index (χ1) is 39.8. The van der Waals surface area contributed by atoms with E-state index in [-0.39, 0.29) is 73.6 Å². The topological polar surface area (TPSA) is 158 Å². The van der Waals surface area contributed by atoms with Crippen LogP contribution in [0.1, 0.15) is 331 Å². The number of hydrogen-bond donors (Lipinski definition) is 0. The molecule has 6 rings (SSSR count). The third kappa shape index (κ3) is 14.9. The van der Waals surface area contributed by atoms with Gasteiger partial charge in [-0.15, -0.1) is 0 Å². The highest BCUT2D eigenvalue weighted by atomic mass is 16.6. The lowest BCUT2D eigenvalue weighted by Gasteiger charge is -2.49. The number of carbonyl (C=O) groups is 6. The van der Waals surface area contributed by atoms with Gasteiger partial charge in [0.15, 0.2) is 0 Å². The zero-order valence-corrected chi connectivity index (χ0v) is 58.6. The molecule has 0 amide bonds. The van der Waals surface area contributed by atoms with E-state index in [1.165, 1.54) is 0 Å². The zero-order chi connectivity index (χ0) is 64.4. The van der Waals surface area contributed by atoms with Crippen LogP contribution >= 0.6 is 0 Å². The highest BCUT2D eigenvalue weighted by molar-refractivity contribution is 5.86. The molecule has 86 heavy (non-hydrogen) atoms. The highest BCUT2D eigenvalue weighted by Gasteiger charge is 2.62. The van der Waals surface area contributed by atoms with Crippen molar-refractivity contribution in [2.24, 2.45) is 68.0 Å². The summed E-state index contributed by atoms with van der Waals surface area (Å²) in [5, 5.41) is 0. The second kappa shape index (κ2) is 27.0. The van der Waals surface area contributed by atoms with Crippen molar-refractivity contribution in [3.05, 3.63) is 0 Å². The molecule has 494 valence electrons. The fourth-order valence-electron chi connectivity index (χ4n) is 18.1. The van der Waals surface area contributed by atoms with Crippen LogP contribution < -0.4 is 0 Å². The Bertz CT molecular complexity index is 2340. The van der Waals surface area contributed by atoms with Crippen LogP contribution in [-0.4, -0.2) is 69.4 Å². The molecular formula is C74H126O12. The van der Waals surface area contributed by atoms with E-state index in [4.69, 9.17) is 28.4 Å². The van der Waals surface area contributed by atoms with Crippen LogP contribution in [0.4, 0.5) is 0 Å². The lowest BCUT2D eigenvalue weighted by molar-refractivity contribution is -0.196. The Labute approximate surface area is 523 Å². The molecule has 0 aromatic rings. The van der Waals surface area contributed by atoms with Gasteiger partial charge in [0.25, 0.3) is 0 Å². The van der Waals surface area contributed by atoms with Gasteiger partial charge in [0.1, 0.15) is 33.6 Å². The van der Waals surface area contributed by atoms with Crippen LogP contribution in [0.2, 0.25) is 0 Å². The monoisotopic (exact) mass is 1210 g/mol. The van der Waals surface area contributed by atoms with Crippen molar-refractivity contribution in [2.75, 3.05) is 0 Å². The van der Waals surface area contributed by atoms with Gasteiger partial charge in [-0.3, -0.25) is 28.8 Å². The third-order valence-electron chi connectivity index (χ3n) is 24.5. The minimum Gasteiger partial charge on any atom is -0.458 e. The van der Waals surface area contributed by atoms with Gasteiger partial charge in [0.05, 0.1) is 32.5 Å². The second-order valence-corrected chi connectivity index (χ2v) is 33.8. The molecule has 0 bridgehead atoms. The van der Waals surface area contributed by atoms with E-state index >= 15 is 28.8 Å². The molecule has 12 heteroatoms. The van der Waals surface area contributed by atoms with Crippen molar-refractivity contribution in [1.29, 1.82) is 0 Å². The van der Waals surface area contributed by atoms with E-state index in [1.54, 1.807) is 0 Å². The van der Waals surface area contributed by atoms with Crippen molar-refractivity contribution < 1.29 is 57.2 Å². The number of ether oxygens (including phenoxy) is 6. The Morgan fingerprint density at radius 3 is 0.593 bits per heavy atom. The number of hydrogen-bond acceptors (Lipinski definition) is 12. The van der Waals surface area contributed by atoms with E-state index in [1.807, 2.05) is 55.4 Å². The average molecular weight is 1210 g/mol. The quantitative estimate of drug-likeness (QED) is 0.0516. The SMILES string of the molecule is CCC(C)(CC(C)(CC(C)(CC(C)(CC(C)(CC(C)(C)C(=O)OC1(C(C)C)CCCC1)C(=O)OC1(C(C)C)CCCC1)C(=O)OC1(C(C)C)CCCC1)C(=O)OC1(C(C)C)CCCC1)C(=O)OC1(C(C)C)CCCC1)C(=O)OC1(C(C)C)CCCC1. The molecule has 12 nitrogen and oxygen atoms in total. The van der Waals surface area contributed by atoms with Crippen molar-refractivity contribution in [2.45, 2.75) is 365 Å². The zero-order valence-electron chi connectivity index (χ0n) is 58.6. The number of esters is 6. The summed E-state index contributed by atoms with van der Waals surface area (Å²) in [6.45, 7) is 40.2.